The molecule has 0 radical (unpaired) electrons. The van der Waals surface area contributed by atoms with Crippen molar-refractivity contribution in [3.8, 4) is 11.3 Å². The van der Waals surface area contributed by atoms with Gasteiger partial charge in [-0.05, 0) is 31.9 Å². The van der Waals surface area contributed by atoms with Gasteiger partial charge in [0, 0.05) is 36.8 Å². The summed E-state index contributed by atoms with van der Waals surface area (Å²) in [5, 5.41) is 2.84. The van der Waals surface area contributed by atoms with Gasteiger partial charge in [0.25, 0.3) is 0 Å². The van der Waals surface area contributed by atoms with Crippen molar-refractivity contribution in [2.24, 2.45) is 0 Å². The van der Waals surface area contributed by atoms with Crippen molar-refractivity contribution in [1.82, 2.24) is 19.9 Å². The SMILES string of the molecule is CCNC(=O)N1CCC[C@@H](NS(C)(=O)=O)[C@H]1Cc1cccc(-c2ccccc2)n1. The van der Waals surface area contributed by atoms with Crippen molar-refractivity contribution in [2.45, 2.75) is 38.3 Å². The van der Waals surface area contributed by atoms with E-state index in [1.165, 1.54) is 0 Å². The van der Waals surface area contributed by atoms with Crippen LogP contribution in [-0.2, 0) is 16.4 Å². The number of nitrogens with zero attached hydrogens (tertiary/aromatic N) is 2. The number of hydrogen-bond donors (Lipinski definition) is 2. The Morgan fingerprint density at radius 1 is 1.17 bits per heavy atom. The van der Waals surface area contributed by atoms with E-state index in [1.54, 1.807) is 4.90 Å². The van der Waals surface area contributed by atoms with Crippen LogP contribution >= 0.6 is 0 Å². The van der Waals surface area contributed by atoms with E-state index < -0.39 is 10.0 Å². The van der Waals surface area contributed by atoms with Crippen molar-refractivity contribution < 1.29 is 13.2 Å². The van der Waals surface area contributed by atoms with E-state index in [0.29, 0.717) is 25.9 Å². The molecular formula is C21H28N4O3S. The van der Waals surface area contributed by atoms with Crippen molar-refractivity contribution in [3.63, 3.8) is 0 Å². The van der Waals surface area contributed by atoms with Crippen molar-refractivity contribution in [3.05, 3.63) is 54.2 Å². The van der Waals surface area contributed by atoms with Crippen molar-refractivity contribution >= 4 is 16.1 Å². The molecule has 2 aromatic rings. The van der Waals surface area contributed by atoms with Gasteiger partial charge >= 0.3 is 6.03 Å². The fourth-order valence-corrected chi connectivity index (χ4v) is 4.63. The third-order valence-corrected chi connectivity index (χ3v) is 5.76. The highest BCUT2D eigenvalue weighted by molar-refractivity contribution is 7.88. The highest BCUT2D eigenvalue weighted by Crippen LogP contribution is 2.23. The average Bonchev–Trinajstić information content (AvgIpc) is 2.69. The molecule has 1 fully saturated rings. The molecule has 1 aromatic carbocycles. The molecule has 2 heterocycles. The van der Waals surface area contributed by atoms with E-state index >= 15 is 0 Å². The second-order valence-corrected chi connectivity index (χ2v) is 9.10. The number of amides is 2. The molecular weight excluding hydrogens is 388 g/mol. The van der Waals surface area contributed by atoms with Crippen molar-refractivity contribution in [1.29, 1.82) is 0 Å². The van der Waals surface area contributed by atoms with Crippen LogP contribution in [0.25, 0.3) is 11.3 Å². The lowest BCUT2D eigenvalue weighted by Gasteiger charge is -2.41. The number of likely N-dealkylation sites (tertiary alicyclic amines) is 1. The zero-order valence-corrected chi connectivity index (χ0v) is 17.7. The van der Waals surface area contributed by atoms with Gasteiger partial charge in [-0.2, -0.15) is 0 Å². The van der Waals surface area contributed by atoms with E-state index in [0.717, 1.165) is 29.6 Å². The molecule has 0 bridgehead atoms. The number of benzene rings is 1. The van der Waals surface area contributed by atoms with Gasteiger partial charge in [-0.25, -0.2) is 17.9 Å². The van der Waals surface area contributed by atoms with Crippen LogP contribution in [0.15, 0.2) is 48.5 Å². The predicted molar refractivity (Wildman–Crippen MR) is 114 cm³/mol. The lowest BCUT2D eigenvalue weighted by molar-refractivity contribution is 0.133. The second kappa shape index (κ2) is 9.37. The molecule has 0 spiro atoms. The Morgan fingerprint density at radius 2 is 1.93 bits per heavy atom. The van der Waals surface area contributed by atoms with Crippen LogP contribution in [-0.4, -0.2) is 55.8 Å². The maximum atomic E-state index is 12.6. The molecule has 2 atom stereocenters. The molecule has 29 heavy (non-hydrogen) atoms. The van der Waals surface area contributed by atoms with Gasteiger partial charge in [0.1, 0.15) is 0 Å². The minimum absolute atomic E-state index is 0.170. The minimum Gasteiger partial charge on any atom is -0.338 e. The van der Waals surface area contributed by atoms with Crippen LogP contribution in [0.5, 0.6) is 0 Å². The summed E-state index contributed by atoms with van der Waals surface area (Å²) in [6.07, 6.45) is 3.07. The molecule has 1 saturated heterocycles. The van der Waals surface area contributed by atoms with E-state index in [2.05, 4.69) is 10.0 Å². The molecule has 2 amide bonds. The summed E-state index contributed by atoms with van der Waals surface area (Å²) in [5.74, 6) is 0. The number of pyridine rings is 1. The molecule has 1 aliphatic heterocycles. The highest BCUT2D eigenvalue weighted by Gasteiger charge is 2.36. The fourth-order valence-electron chi connectivity index (χ4n) is 3.80. The first-order valence-corrected chi connectivity index (χ1v) is 11.8. The first-order valence-electron chi connectivity index (χ1n) is 9.90. The third kappa shape index (κ3) is 5.77. The standard InChI is InChI=1S/C21H28N4O3S/c1-3-22-21(26)25-14-8-13-19(24-29(2,27)28)20(25)15-17-11-7-12-18(23-17)16-9-5-4-6-10-16/h4-7,9-12,19-20,24H,3,8,13-15H2,1-2H3,(H,22,26)/t19-,20-/m1/s1. The summed E-state index contributed by atoms with van der Waals surface area (Å²) in [7, 11) is -3.39. The monoisotopic (exact) mass is 416 g/mol. The summed E-state index contributed by atoms with van der Waals surface area (Å²) in [4.78, 5) is 19.1. The highest BCUT2D eigenvalue weighted by atomic mass is 32.2. The van der Waals surface area contributed by atoms with Crippen molar-refractivity contribution in [2.75, 3.05) is 19.3 Å². The Hall–Kier alpha value is -2.45. The second-order valence-electron chi connectivity index (χ2n) is 7.32. The fraction of sp³-hybridized carbons (Fsp3) is 0.429. The van der Waals surface area contributed by atoms with Crippen LogP contribution in [0, 0.1) is 0 Å². The normalized spacial score (nSPS) is 19.7. The van der Waals surface area contributed by atoms with Gasteiger partial charge in [-0.15, -0.1) is 0 Å². The summed E-state index contributed by atoms with van der Waals surface area (Å²) in [6.45, 7) is 2.98. The maximum absolute atomic E-state index is 12.6. The molecule has 156 valence electrons. The molecule has 2 N–H and O–H groups in total. The lowest BCUT2D eigenvalue weighted by Crippen LogP contribution is -2.59. The molecule has 1 aromatic heterocycles. The Balaban J connectivity index is 1.89. The van der Waals surface area contributed by atoms with Gasteiger partial charge in [0.2, 0.25) is 10.0 Å². The van der Waals surface area contributed by atoms with E-state index in [1.807, 2.05) is 55.5 Å². The first-order chi connectivity index (χ1) is 13.9. The number of rotatable bonds is 6. The Bertz CT molecular complexity index is 934. The van der Waals surface area contributed by atoms with Gasteiger partial charge in [0.05, 0.1) is 18.0 Å². The van der Waals surface area contributed by atoms with E-state index in [4.69, 9.17) is 4.98 Å². The number of carbonyl (C=O) groups is 1. The summed E-state index contributed by atoms with van der Waals surface area (Å²) in [6, 6.07) is 14.9. The number of sulfonamides is 1. The smallest absolute Gasteiger partial charge is 0.317 e. The quantitative estimate of drug-likeness (QED) is 0.756. The van der Waals surface area contributed by atoms with Crippen LogP contribution in [0.4, 0.5) is 4.79 Å². The zero-order valence-electron chi connectivity index (χ0n) is 16.8. The third-order valence-electron chi connectivity index (χ3n) is 5.03. The first kappa shape index (κ1) is 21.3. The molecule has 0 saturated carbocycles. The minimum atomic E-state index is -3.39. The Labute approximate surface area is 172 Å². The van der Waals surface area contributed by atoms with Gasteiger partial charge < -0.3 is 10.2 Å². The number of carbonyl (C=O) groups excluding carboxylic acids is 1. The van der Waals surface area contributed by atoms with Crippen LogP contribution in [0.3, 0.4) is 0 Å². The van der Waals surface area contributed by atoms with Gasteiger partial charge in [-0.1, -0.05) is 36.4 Å². The summed E-state index contributed by atoms with van der Waals surface area (Å²) in [5.41, 5.74) is 2.70. The van der Waals surface area contributed by atoms with Gasteiger partial charge in [-0.3, -0.25) is 4.98 Å². The number of hydrogen-bond acceptors (Lipinski definition) is 4. The largest absolute Gasteiger partial charge is 0.338 e. The predicted octanol–water partition coefficient (Wildman–Crippen LogP) is 2.40. The molecule has 3 rings (SSSR count). The van der Waals surface area contributed by atoms with Gasteiger partial charge in [0.15, 0.2) is 0 Å². The van der Waals surface area contributed by atoms with Crippen LogP contribution in [0.1, 0.15) is 25.5 Å². The Kier molecular flexibility index (Phi) is 6.87. The number of aromatic nitrogens is 1. The number of piperidine rings is 1. The van der Waals surface area contributed by atoms with Crippen LogP contribution in [0.2, 0.25) is 0 Å². The van der Waals surface area contributed by atoms with E-state index in [-0.39, 0.29) is 18.1 Å². The van der Waals surface area contributed by atoms with Crippen LogP contribution < -0.4 is 10.0 Å². The molecule has 7 nitrogen and oxygen atoms in total. The number of urea groups is 1. The average molecular weight is 417 g/mol. The molecule has 0 aliphatic carbocycles. The number of nitrogens with one attached hydrogen (secondary N) is 2. The maximum Gasteiger partial charge on any atom is 0.317 e. The molecule has 1 aliphatic rings. The Morgan fingerprint density at radius 3 is 2.62 bits per heavy atom. The molecule has 8 heteroatoms. The zero-order chi connectivity index (χ0) is 20.9. The lowest BCUT2D eigenvalue weighted by atomic mass is 9.93. The van der Waals surface area contributed by atoms with E-state index in [9.17, 15) is 13.2 Å². The molecule has 0 unspecified atom stereocenters. The summed E-state index contributed by atoms with van der Waals surface area (Å²) < 4.78 is 26.5. The topological polar surface area (TPSA) is 91.4 Å². The summed E-state index contributed by atoms with van der Waals surface area (Å²) >= 11 is 0.